The maximum Gasteiger partial charge on any atom is 0.305 e. The Bertz CT molecular complexity index is 352. The molecule has 0 aliphatic rings. The van der Waals surface area contributed by atoms with E-state index in [0.29, 0.717) is 12.8 Å². The molecule has 1 aromatic rings. The van der Waals surface area contributed by atoms with E-state index in [1.54, 1.807) is 11.8 Å². The number of hydrogen-bond donors (Lipinski definition) is 0. The molecule has 0 unspecified atom stereocenters. The molecule has 0 N–H and O–H groups in total. The first-order valence-electron chi connectivity index (χ1n) is 4.57. The van der Waals surface area contributed by atoms with Crippen LogP contribution >= 0.6 is 27.7 Å². The number of methoxy groups -OCH3 is 1. The number of hydrogen-bond acceptors (Lipinski definition) is 3. The van der Waals surface area contributed by atoms with Crippen molar-refractivity contribution in [3.63, 3.8) is 0 Å². The number of rotatable bonds is 4. The molecule has 0 spiro atoms. The van der Waals surface area contributed by atoms with E-state index < -0.39 is 0 Å². The van der Waals surface area contributed by atoms with Crippen LogP contribution in [0.5, 0.6) is 0 Å². The normalized spacial score (nSPS) is 10.1. The molecule has 4 heteroatoms. The molecule has 0 aliphatic heterocycles. The van der Waals surface area contributed by atoms with E-state index in [9.17, 15) is 4.79 Å². The highest BCUT2D eigenvalue weighted by Crippen LogP contribution is 2.28. The SMILES string of the molecule is COC(=O)CCc1c(Br)cccc1SC. The van der Waals surface area contributed by atoms with Crippen molar-refractivity contribution < 1.29 is 9.53 Å². The molecule has 0 saturated carbocycles. The fraction of sp³-hybridized carbons (Fsp3) is 0.364. The summed E-state index contributed by atoms with van der Waals surface area (Å²) < 4.78 is 5.68. The minimum Gasteiger partial charge on any atom is -0.469 e. The van der Waals surface area contributed by atoms with Crippen molar-refractivity contribution in [2.24, 2.45) is 0 Å². The second-order valence-electron chi connectivity index (χ2n) is 3.00. The predicted octanol–water partition coefficient (Wildman–Crippen LogP) is 3.28. The van der Waals surface area contributed by atoms with Gasteiger partial charge in [0.15, 0.2) is 0 Å². The topological polar surface area (TPSA) is 26.3 Å². The second kappa shape index (κ2) is 6.18. The summed E-state index contributed by atoms with van der Waals surface area (Å²) in [4.78, 5) is 12.3. The van der Waals surface area contributed by atoms with Crippen LogP contribution in [0.3, 0.4) is 0 Å². The Morgan fingerprint density at radius 2 is 2.27 bits per heavy atom. The monoisotopic (exact) mass is 288 g/mol. The lowest BCUT2D eigenvalue weighted by Gasteiger charge is -2.08. The lowest BCUT2D eigenvalue weighted by atomic mass is 10.1. The molecule has 0 heterocycles. The van der Waals surface area contributed by atoms with Crippen LogP contribution in [0, 0.1) is 0 Å². The Hall–Kier alpha value is -0.480. The first-order valence-corrected chi connectivity index (χ1v) is 6.59. The number of carbonyl (C=O) groups is 1. The maximum atomic E-state index is 11.1. The minimum atomic E-state index is -0.169. The summed E-state index contributed by atoms with van der Waals surface area (Å²) in [5.74, 6) is -0.169. The van der Waals surface area contributed by atoms with E-state index in [1.807, 2.05) is 18.4 Å². The number of benzene rings is 1. The van der Waals surface area contributed by atoms with Gasteiger partial charge in [0.2, 0.25) is 0 Å². The lowest BCUT2D eigenvalue weighted by molar-refractivity contribution is -0.140. The molecule has 0 aromatic heterocycles. The van der Waals surface area contributed by atoms with Crippen LogP contribution in [0.4, 0.5) is 0 Å². The second-order valence-corrected chi connectivity index (χ2v) is 4.70. The van der Waals surface area contributed by atoms with Crippen LogP contribution in [-0.2, 0) is 16.0 Å². The van der Waals surface area contributed by atoms with Gasteiger partial charge in [0, 0.05) is 15.8 Å². The summed E-state index contributed by atoms with van der Waals surface area (Å²) in [5.41, 5.74) is 1.18. The molecule has 82 valence electrons. The zero-order chi connectivity index (χ0) is 11.3. The van der Waals surface area contributed by atoms with Crippen LogP contribution in [0.1, 0.15) is 12.0 Å². The van der Waals surface area contributed by atoms with E-state index in [2.05, 4.69) is 26.7 Å². The molecule has 1 aromatic carbocycles. The average Bonchev–Trinajstić information content (AvgIpc) is 2.26. The highest BCUT2D eigenvalue weighted by Gasteiger charge is 2.08. The first-order chi connectivity index (χ1) is 7.19. The van der Waals surface area contributed by atoms with Gasteiger partial charge >= 0.3 is 5.97 Å². The predicted molar refractivity (Wildman–Crippen MR) is 66.3 cm³/mol. The van der Waals surface area contributed by atoms with Crippen LogP contribution in [0.2, 0.25) is 0 Å². The van der Waals surface area contributed by atoms with Crippen molar-refractivity contribution >= 4 is 33.7 Å². The van der Waals surface area contributed by atoms with Gasteiger partial charge in [0.05, 0.1) is 7.11 Å². The Labute approximate surface area is 103 Å². The number of thioether (sulfide) groups is 1. The van der Waals surface area contributed by atoms with Gasteiger partial charge in [0.25, 0.3) is 0 Å². The number of halogens is 1. The summed E-state index contributed by atoms with van der Waals surface area (Å²) >= 11 is 5.18. The molecule has 0 fully saturated rings. The van der Waals surface area contributed by atoms with Crippen molar-refractivity contribution in [3.05, 3.63) is 28.2 Å². The van der Waals surface area contributed by atoms with Gasteiger partial charge in [0.1, 0.15) is 0 Å². The van der Waals surface area contributed by atoms with E-state index in [-0.39, 0.29) is 5.97 Å². The molecular weight excluding hydrogens is 276 g/mol. The van der Waals surface area contributed by atoms with Crippen molar-refractivity contribution in [2.45, 2.75) is 17.7 Å². The number of esters is 1. The van der Waals surface area contributed by atoms with Crippen molar-refractivity contribution in [1.82, 2.24) is 0 Å². The molecule has 0 radical (unpaired) electrons. The quantitative estimate of drug-likeness (QED) is 0.628. The zero-order valence-corrected chi connectivity index (χ0v) is 11.2. The lowest BCUT2D eigenvalue weighted by Crippen LogP contribution is -2.03. The van der Waals surface area contributed by atoms with Gasteiger partial charge in [-0.25, -0.2) is 0 Å². The molecule has 0 aliphatic carbocycles. The number of ether oxygens (including phenoxy) is 1. The fourth-order valence-corrected chi connectivity index (χ4v) is 2.67. The molecule has 15 heavy (non-hydrogen) atoms. The highest BCUT2D eigenvalue weighted by molar-refractivity contribution is 9.10. The molecule has 0 atom stereocenters. The summed E-state index contributed by atoms with van der Waals surface area (Å²) in [6.07, 6.45) is 3.17. The van der Waals surface area contributed by atoms with Gasteiger partial charge in [-0.15, -0.1) is 11.8 Å². The third kappa shape index (κ3) is 3.54. The number of carbonyl (C=O) groups excluding carboxylic acids is 1. The van der Waals surface area contributed by atoms with E-state index in [0.717, 1.165) is 4.47 Å². The van der Waals surface area contributed by atoms with Crippen molar-refractivity contribution in [3.8, 4) is 0 Å². The molecule has 0 saturated heterocycles. The third-order valence-electron chi connectivity index (χ3n) is 2.10. The van der Waals surface area contributed by atoms with Crippen LogP contribution in [-0.4, -0.2) is 19.3 Å². The van der Waals surface area contributed by atoms with Crippen molar-refractivity contribution in [1.29, 1.82) is 0 Å². The minimum absolute atomic E-state index is 0.169. The standard InChI is InChI=1S/C11H13BrO2S/c1-14-11(13)7-6-8-9(12)4-3-5-10(8)15-2/h3-5H,6-7H2,1-2H3. The van der Waals surface area contributed by atoms with Gasteiger partial charge in [-0.3, -0.25) is 4.79 Å². The fourth-order valence-electron chi connectivity index (χ4n) is 1.30. The van der Waals surface area contributed by atoms with Gasteiger partial charge in [-0.05, 0) is 30.4 Å². The summed E-state index contributed by atoms with van der Waals surface area (Å²) in [6, 6.07) is 6.05. The highest BCUT2D eigenvalue weighted by atomic mass is 79.9. The van der Waals surface area contributed by atoms with Crippen molar-refractivity contribution in [2.75, 3.05) is 13.4 Å². The molecule has 2 nitrogen and oxygen atoms in total. The molecule has 1 rings (SSSR count). The molecule has 0 bridgehead atoms. The maximum absolute atomic E-state index is 11.1. The largest absolute Gasteiger partial charge is 0.469 e. The summed E-state index contributed by atoms with van der Waals surface area (Å²) in [7, 11) is 1.41. The Morgan fingerprint density at radius 3 is 2.87 bits per heavy atom. The van der Waals surface area contributed by atoms with Crippen LogP contribution in [0.25, 0.3) is 0 Å². The molecular formula is C11H13BrO2S. The Balaban J connectivity index is 2.78. The van der Waals surface area contributed by atoms with Crippen LogP contribution in [0.15, 0.2) is 27.6 Å². The molecule has 0 amide bonds. The summed E-state index contributed by atoms with van der Waals surface area (Å²) in [6.45, 7) is 0. The van der Waals surface area contributed by atoms with E-state index in [4.69, 9.17) is 0 Å². The Kier molecular flexibility index (Phi) is 5.19. The van der Waals surface area contributed by atoms with Gasteiger partial charge < -0.3 is 4.74 Å². The van der Waals surface area contributed by atoms with Gasteiger partial charge in [-0.2, -0.15) is 0 Å². The Morgan fingerprint density at radius 1 is 1.53 bits per heavy atom. The third-order valence-corrected chi connectivity index (χ3v) is 3.67. The first kappa shape index (κ1) is 12.6. The van der Waals surface area contributed by atoms with E-state index in [1.165, 1.54) is 17.6 Å². The average molecular weight is 289 g/mol. The summed E-state index contributed by atoms with van der Waals surface area (Å²) in [5, 5.41) is 0. The van der Waals surface area contributed by atoms with E-state index >= 15 is 0 Å². The zero-order valence-electron chi connectivity index (χ0n) is 8.75. The smallest absolute Gasteiger partial charge is 0.305 e. The van der Waals surface area contributed by atoms with Gasteiger partial charge in [-0.1, -0.05) is 22.0 Å². The van der Waals surface area contributed by atoms with Crippen LogP contribution < -0.4 is 0 Å².